The fraction of sp³-hybridized carbons (Fsp3) is 0.478. The molecule has 2 aromatic carbocycles. The zero-order chi connectivity index (χ0) is 19.5. The van der Waals surface area contributed by atoms with E-state index in [0.717, 1.165) is 24.1 Å². The van der Waals surface area contributed by atoms with Crippen LogP contribution in [0.1, 0.15) is 51.3 Å². The maximum atomic E-state index is 14.1. The van der Waals surface area contributed by atoms with Gasteiger partial charge in [-0.2, -0.15) is 0 Å². The molecular weight excluding hydrogens is 353 g/mol. The lowest BCUT2D eigenvalue weighted by Crippen LogP contribution is -2.36. The summed E-state index contributed by atoms with van der Waals surface area (Å²) in [5.74, 6) is 0.302. The zero-order valence-corrected chi connectivity index (χ0v) is 17.9. The van der Waals surface area contributed by atoms with Crippen molar-refractivity contribution < 1.29 is 9.09 Å². The van der Waals surface area contributed by atoms with Crippen LogP contribution in [-0.4, -0.2) is 24.0 Å². The Kier molecular flexibility index (Phi) is 6.25. The molecule has 1 saturated heterocycles. The first-order chi connectivity index (χ1) is 12.8. The van der Waals surface area contributed by atoms with Crippen LogP contribution >= 0.6 is 7.52 Å². The molecule has 0 amide bonds. The van der Waals surface area contributed by atoms with Gasteiger partial charge < -0.3 is 4.52 Å². The van der Waals surface area contributed by atoms with Gasteiger partial charge in [0, 0.05) is 12.7 Å². The Balaban J connectivity index is 2.02. The van der Waals surface area contributed by atoms with Gasteiger partial charge in [-0.15, -0.1) is 0 Å². The Morgan fingerprint density at radius 3 is 2.00 bits per heavy atom. The number of hydrogen-bond donors (Lipinski definition) is 0. The Morgan fingerprint density at radius 2 is 1.52 bits per heavy atom. The summed E-state index contributed by atoms with van der Waals surface area (Å²) in [4.78, 5) is 0. The maximum Gasteiger partial charge on any atom is 0.273 e. The molecule has 3 rings (SSSR count). The van der Waals surface area contributed by atoms with E-state index in [1.165, 1.54) is 0 Å². The molecule has 2 atom stereocenters. The minimum atomic E-state index is -2.93. The summed E-state index contributed by atoms with van der Waals surface area (Å²) in [6.45, 7) is 10.2. The van der Waals surface area contributed by atoms with Gasteiger partial charge in [0.25, 0.3) is 7.52 Å². The van der Waals surface area contributed by atoms with E-state index in [1.54, 1.807) is 0 Å². The van der Waals surface area contributed by atoms with E-state index in [-0.39, 0.29) is 11.5 Å². The van der Waals surface area contributed by atoms with Crippen molar-refractivity contribution in [3.63, 3.8) is 0 Å². The average Bonchev–Trinajstić information content (AvgIpc) is 2.64. The molecule has 0 bridgehead atoms. The molecule has 0 radical (unpaired) electrons. The van der Waals surface area contributed by atoms with Crippen LogP contribution in [0.4, 0.5) is 0 Å². The van der Waals surface area contributed by atoms with Crippen molar-refractivity contribution in [3.05, 3.63) is 71.8 Å². The maximum absolute atomic E-state index is 14.1. The summed E-state index contributed by atoms with van der Waals surface area (Å²) in [5, 5.41) is 0. The standard InChI is InChI=1S/C23H32NO2P/c1-19(23(2,3)4)18-27(25)24(16-11-17-26-27)22(20-12-7-5-8-13-20)21-14-9-6-10-15-21/h5-10,12-15,19,22H,11,16-18H2,1-4H3/t19-,27?/m0/s1. The molecule has 0 spiro atoms. The van der Waals surface area contributed by atoms with Gasteiger partial charge in [0.15, 0.2) is 0 Å². The molecule has 0 saturated carbocycles. The SMILES string of the molecule is C[C@@H](CP1(=O)OCCCN1C(c1ccccc1)c1ccccc1)C(C)(C)C. The predicted molar refractivity (Wildman–Crippen MR) is 113 cm³/mol. The van der Waals surface area contributed by atoms with Gasteiger partial charge in [0.05, 0.1) is 12.6 Å². The van der Waals surface area contributed by atoms with Crippen LogP contribution in [0, 0.1) is 11.3 Å². The number of nitrogens with zero attached hydrogens (tertiary/aromatic N) is 1. The van der Waals surface area contributed by atoms with Crippen LogP contribution in [0.3, 0.4) is 0 Å². The number of benzene rings is 2. The van der Waals surface area contributed by atoms with Crippen molar-refractivity contribution in [1.82, 2.24) is 4.67 Å². The third-order valence-corrected chi connectivity index (χ3v) is 8.54. The van der Waals surface area contributed by atoms with Crippen molar-refractivity contribution in [2.45, 2.75) is 40.2 Å². The molecule has 0 N–H and O–H groups in total. The van der Waals surface area contributed by atoms with Gasteiger partial charge in [-0.1, -0.05) is 88.4 Å². The van der Waals surface area contributed by atoms with Gasteiger partial charge in [-0.25, -0.2) is 4.67 Å². The first kappa shape index (κ1) is 20.3. The van der Waals surface area contributed by atoms with E-state index in [4.69, 9.17) is 4.52 Å². The zero-order valence-electron chi connectivity index (χ0n) is 17.0. The molecule has 4 heteroatoms. The largest absolute Gasteiger partial charge is 0.317 e. The summed E-state index contributed by atoms with van der Waals surface area (Å²) < 4.78 is 22.3. The van der Waals surface area contributed by atoms with Crippen LogP contribution in [0.2, 0.25) is 0 Å². The fourth-order valence-electron chi connectivity index (χ4n) is 3.55. The Morgan fingerprint density at radius 1 is 1.00 bits per heavy atom. The molecule has 0 aromatic heterocycles. The second-order valence-corrected chi connectivity index (χ2v) is 11.1. The van der Waals surface area contributed by atoms with E-state index in [2.05, 4.69) is 80.9 Å². The van der Waals surface area contributed by atoms with Crippen molar-refractivity contribution in [3.8, 4) is 0 Å². The summed E-state index contributed by atoms with van der Waals surface area (Å²) >= 11 is 0. The topological polar surface area (TPSA) is 29.5 Å². The van der Waals surface area contributed by atoms with E-state index >= 15 is 0 Å². The molecule has 1 heterocycles. The molecule has 3 nitrogen and oxygen atoms in total. The molecule has 1 aliphatic rings. The Bertz CT molecular complexity index is 730. The monoisotopic (exact) mass is 385 g/mol. The third kappa shape index (κ3) is 4.71. The Labute approximate surface area is 164 Å². The van der Waals surface area contributed by atoms with Gasteiger partial charge >= 0.3 is 0 Å². The van der Waals surface area contributed by atoms with Gasteiger partial charge in [-0.3, -0.25) is 4.57 Å². The summed E-state index contributed by atoms with van der Waals surface area (Å²) in [6, 6.07) is 20.7. The first-order valence-corrected chi connectivity index (χ1v) is 11.7. The highest BCUT2D eigenvalue weighted by molar-refractivity contribution is 7.56. The molecule has 1 unspecified atom stereocenters. The van der Waals surface area contributed by atoms with Crippen LogP contribution in [0.25, 0.3) is 0 Å². The lowest BCUT2D eigenvalue weighted by atomic mass is 9.83. The molecule has 1 fully saturated rings. The normalized spacial score (nSPS) is 22.7. The third-order valence-electron chi connectivity index (χ3n) is 5.73. The van der Waals surface area contributed by atoms with Crippen LogP contribution < -0.4 is 0 Å². The number of rotatable bonds is 5. The first-order valence-electron chi connectivity index (χ1n) is 9.92. The summed E-state index contributed by atoms with van der Waals surface area (Å²) in [5.41, 5.74) is 2.43. The van der Waals surface area contributed by atoms with Crippen LogP contribution in [0.5, 0.6) is 0 Å². The second kappa shape index (κ2) is 8.31. The molecule has 0 aliphatic carbocycles. The second-order valence-electron chi connectivity index (χ2n) is 8.66. The van der Waals surface area contributed by atoms with Crippen molar-refractivity contribution in [2.75, 3.05) is 19.3 Å². The van der Waals surface area contributed by atoms with E-state index in [0.29, 0.717) is 18.7 Å². The van der Waals surface area contributed by atoms with Crippen molar-refractivity contribution in [2.24, 2.45) is 11.3 Å². The fourth-order valence-corrected chi connectivity index (χ4v) is 6.73. The highest BCUT2D eigenvalue weighted by atomic mass is 31.2. The molecule has 1 aliphatic heterocycles. The summed E-state index contributed by atoms with van der Waals surface area (Å²) in [7, 11) is -2.93. The smallest absolute Gasteiger partial charge is 0.273 e. The highest BCUT2D eigenvalue weighted by Gasteiger charge is 2.43. The average molecular weight is 385 g/mol. The molecule has 146 valence electrons. The molecular formula is C23H32NO2P. The van der Waals surface area contributed by atoms with Crippen LogP contribution in [0.15, 0.2) is 60.7 Å². The van der Waals surface area contributed by atoms with E-state index < -0.39 is 7.52 Å². The van der Waals surface area contributed by atoms with Crippen LogP contribution in [-0.2, 0) is 9.09 Å². The van der Waals surface area contributed by atoms with Gasteiger partial charge in [0.2, 0.25) is 0 Å². The molecule has 2 aromatic rings. The highest BCUT2D eigenvalue weighted by Crippen LogP contribution is 2.60. The van der Waals surface area contributed by atoms with Gasteiger partial charge in [-0.05, 0) is 28.9 Å². The Hall–Kier alpha value is -1.41. The lowest BCUT2D eigenvalue weighted by molar-refractivity contribution is 0.177. The minimum absolute atomic E-state index is 0.0503. The minimum Gasteiger partial charge on any atom is -0.317 e. The van der Waals surface area contributed by atoms with Gasteiger partial charge in [0.1, 0.15) is 0 Å². The van der Waals surface area contributed by atoms with Crippen molar-refractivity contribution >= 4 is 7.52 Å². The quantitative estimate of drug-likeness (QED) is 0.560. The van der Waals surface area contributed by atoms with E-state index in [9.17, 15) is 4.57 Å². The van der Waals surface area contributed by atoms with Crippen molar-refractivity contribution in [1.29, 1.82) is 0 Å². The molecule has 27 heavy (non-hydrogen) atoms. The summed E-state index contributed by atoms with van der Waals surface area (Å²) in [6.07, 6.45) is 1.50. The van der Waals surface area contributed by atoms with E-state index in [1.807, 2.05) is 12.1 Å². The number of hydrogen-bond acceptors (Lipinski definition) is 2. The lowest BCUT2D eigenvalue weighted by Gasteiger charge is -2.43. The predicted octanol–water partition coefficient (Wildman–Crippen LogP) is 6.37.